The van der Waals surface area contributed by atoms with Gasteiger partial charge in [0, 0.05) is 70.3 Å². The van der Waals surface area contributed by atoms with Crippen LogP contribution in [-0.2, 0) is 6.42 Å². The molecule has 154 valence electrons. The van der Waals surface area contributed by atoms with Gasteiger partial charge in [0.1, 0.15) is 0 Å². The molecule has 5 nitrogen and oxygen atoms in total. The van der Waals surface area contributed by atoms with E-state index in [1.165, 1.54) is 20.2 Å². The molecule has 0 aliphatic carbocycles. The normalized spacial score (nSPS) is 23.2. The Kier molecular flexibility index (Phi) is 5.56. The van der Waals surface area contributed by atoms with Crippen LogP contribution < -0.4 is 0 Å². The number of urea groups is 1. The third-order valence-electron chi connectivity index (χ3n) is 6.44. The van der Waals surface area contributed by atoms with E-state index in [1.807, 2.05) is 39.9 Å². The molecule has 3 aliphatic heterocycles. The highest BCUT2D eigenvalue weighted by atomic mass is 32.2. The Hall–Kier alpha value is -1.54. The number of carbonyl (C=O) groups is 1. The van der Waals surface area contributed by atoms with Crippen molar-refractivity contribution < 1.29 is 4.79 Å². The highest BCUT2D eigenvalue weighted by Gasteiger charge is 2.31. The van der Waals surface area contributed by atoms with Crippen LogP contribution in [0.5, 0.6) is 0 Å². The van der Waals surface area contributed by atoms with Crippen LogP contribution in [0.25, 0.3) is 0 Å². The quantitative estimate of drug-likeness (QED) is 0.746. The van der Waals surface area contributed by atoms with E-state index in [0.717, 1.165) is 58.8 Å². The van der Waals surface area contributed by atoms with Gasteiger partial charge in [-0.3, -0.25) is 9.80 Å². The molecule has 0 spiro atoms. The Bertz CT molecular complexity index is 877. The minimum Gasteiger partial charge on any atom is -0.326 e. The first kappa shape index (κ1) is 19.4. The van der Waals surface area contributed by atoms with Crippen LogP contribution in [0.15, 0.2) is 44.8 Å². The molecule has 0 N–H and O–H groups in total. The van der Waals surface area contributed by atoms with Gasteiger partial charge in [-0.2, -0.15) is 0 Å². The molecule has 1 aromatic heterocycles. The van der Waals surface area contributed by atoms with Gasteiger partial charge in [-0.1, -0.05) is 30.0 Å². The van der Waals surface area contributed by atoms with Crippen LogP contribution >= 0.6 is 23.1 Å². The molecule has 2 aromatic rings. The third kappa shape index (κ3) is 3.93. The van der Waals surface area contributed by atoms with Crippen molar-refractivity contribution in [3.63, 3.8) is 0 Å². The van der Waals surface area contributed by atoms with E-state index in [2.05, 4.69) is 45.5 Å². The molecule has 1 atom stereocenters. The minimum absolute atomic E-state index is 0.184. The van der Waals surface area contributed by atoms with Crippen molar-refractivity contribution in [1.29, 1.82) is 0 Å². The van der Waals surface area contributed by atoms with Gasteiger partial charge >= 0.3 is 6.03 Å². The van der Waals surface area contributed by atoms with Crippen LogP contribution in [0, 0.1) is 0 Å². The SMILES string of the molecule is CN1CCN(CCN2CCN(C3Cc4ccccc4Sc4sccc43)CC2)C1=O. The number of rotatable bonds is 4. The first-order chi connectivity index (χ1) is 14.2. The van der Waals surface area contributed by atoms with Crippen LogP contribution in [0.2, 0.25) is 0 Å². The van der Waals surface area contributed by atoms with E-state index < -0.39 is 0 Å². The number of carbonyl (C=O) groups excluding carboxylic acids is 1. The number of likely N-dealkylation sites (N-methyl/N-ethyl adjacent to an activating group) is 1. The fourth-order valence-corrected chi connectivity index (χ4v) is 6.88. The third-order valence-corrected chi connectivity index (χ3v) is 8.74. The van der Waals surface area contributed by atoms with Gasteiger partial charge in [0.2, 0.25) is 0 Å². The first-order valence-electron chi connectivity index (χ1n) is 10.5. The summed E-state index contributed by atoms with van der Waals surface area (Å²) in [5.74, 6) is 0. The second-order valence-corrected chi connectivity index (χ2v) is 10.4. The van der Waals surface area contributed by atoms with Crippen LogP contribution in [0.1, 0.15) is 17.2 Å². The van der Waals surface area contributed by atoms with Crippen molar-refractivity contribution >= 4 is 29.1 Å². The van der Waals surface area contributed by atoms with E-state index in [4.69, 9.17) is 0 Å². The molecule has 5 rings (SSSR count). The Morgan fingerprint density at radius 3 is 2.62 bits per heavy atom. The van der Waals surface area contributed by atoms with Crippen molar-refractivity contribution in [2.24, 2.45) is 0 Å². The summed E-state index contributed by atoms with van der Waals surface area (Å²) < 4.78 is 1.46. The number of amides is 2. The van der Waals surface area contributed by atoms with Crippen molar-refractivity contribution in [3.05, 3.63) is 46.8 Å². The van der Waals surface area contributed by atoms with Crippen LogP contribution in [-0.4, -0.2) is 85.0 Å². The monoisotopic (exact) mass is 428 g/mol. The van der Waals surface area contributed by atoms with E-state index >= 15 is 0 Å². The maximum absolute atomic E-state index is 12.1. The number of fused-ring (bicyclic) bond motifs is 2. The minimum atomic E-state index is 0.184. The summed E-state index contributed by atoms with van der Waals surface area (Å²) in [6.45, 7) is 7.93. The standard InChI is InChI=1S/C22H28N4OS2/c1-23-7-11-26(22(23)27)14-10-24-8-12-25(13-9-24)19-16-17-4-2-3-5-20(17)29-21-18(19)6-15-28-21/h2-6,15,19H,7-14,16H2,1H3. The van der Waals surface area contributed by atoms with Crippen molar-refractivity contribution in [1.82, 2.24) is 19.6 Å². The molecule has 1 aromatic carbocycles. The predicted molar refractivity (Wildman–Crippen MR) is 119 cm³/mol. The largest absolute Gasteiger partial charge is 0.326 e. The van der Waals surface area contributed by atoms with Gasteiger partial charge in [-0.25, -0.2) is 4.79 Å². The average molecular weight is 429 g/mol. The molecule has 29 heavy (non-hydrogen) atoms. The maximum atomic E-state index is 12.1. The molecular formula is C22H28N4OS2. The summed E-state index contributed by atoms with van der Waals surface area (Å²) in [4.78, 5) is 22.5. The molecule has 3 aliphatic rings. The van der Waals surface area contributed by atoms with E-state index in [1.54, 1.807) is 0 Å². The lowest BCUT2D eigenvalue weighted by molar-refractivity contribution is 0.0900. The fourth-order valence-electron chi connectivity index (χ4n) is 4.62. The van der Waals surface area contributed by atoms with E-state index in [0.29, 0.717) is 6.04 Å². The molecule has 0 radical (unpaired) electrons. The van der Waals surface area contributed by atoms with Crippen LogP contribution in [0.4, 0.5) is 4.79 Å². The number of thiophene rings is 1. The zero-order valence-corrected chi connectivity index (χ0v) is 18.6. The van der Waals surface area contributed by atoms with Crippen molar-refractivity contribution in [2.75, 3.05) is 59.4 Å². The number of hydrogen-bond donors (Lipinski definition) is 0. The zero-order valence-electron chi connectivity index (χ0n) is 16.9. The number of piperazine rings is 1. The predicted octanol–water partition coefficient (Wildman–Crippen LogP) is 3.48. The maximum Gasteiger partial charge on any atom is 0.319 e. The average Bonchev–Trinajstić information content (AvgIpc) is 3.29. The molecule has 2 saturated heterocycles. The molecule has 2 fully saturated rings. The zero-order chi connectivity index (χ0) is 19.8. The van der Waals surface area contributed by atoms with Gasteiger partial charge < -0.3 is 9.80 Å². The Morgan fingerprint density at radius 2 is 1.83 bits per heavy atom. The second kappa shape index (κ2) is 8.30. The smallest absolute Gasteiger partial charge is 0.319 e. The Morgan fingerprint density at radius 1 is 1.00 bits per heavy atom. The van der Waals surface area contributed by atoms with Crippen LogP contribution in [0.3, 0.4) is 0 Å². The lowest BCUT2D eigenvalue weighted by atomic mass is 9.99. The second-order valence-electron chi connectivity index (χ2n) is 8.16. The molecule has 0 bridgehead atoms. The summed E-state index contributed by atoms with van der Waals surface area (Å²) in [6.07, 6.45) is 1.10. The summed E-state index contributed by atoms with van der Waals surface area (Å²) in [7, 11) is 1.89. The molecule has 4 heterocycles. The van der Waals surface area contributed by atoms with Gasteiger partial charge in [0.05, 0.1) is 4.21 Å². The highest BCUT2D eigenvalue weighted by Crippen LogP contribution is 2.45. The van der Waals surface area contributed by atoms with E-state index in [-0.39, 0.29) is 6.03 Å². The summed E-state index contributed by atoms with van der Waals surface area (Å²) in [6, 6.07) is 11.9. The van der Waals surface area contributed by atoms with Gasteiger partial charge in [-0.15, -0.1) is 11.3 Å². The van der Waals surface area contributed by atoms with Crippen molar-refractivity contribution in [2.45, 2.75) is 21.6 Å². The Labute approximate surface area is 181 Å². The first-order valence-corrected chi connectivity index (χ1v) is 12.2. The Balaban J connectivity index is 1.22. The summed E-state index contributed by atoms with van der Waals surface area (Å²) in [5.41, 5.74) is 2.99. The number of benzene rings is 1. The van der Waals surface area contributed by atoms with Gasteiger partial charge in [-0.05, 0) is 35.1 Å². The molecule has 7 heteroatoms. The fraction of sp³-hybridized carbons (Fsp3) is 0.500. The lowest BCUT2D eigenvalue weighted by Crippen LogP contribution is -2.49. The lowest BCUT2D eigenvalue weighted by Gasteiger charge is -2.39. The molecular weight excluding hydrogens is 400 g/mol. The number of hydrogen-bond acceptors (Lipinski definition) is 5. The molecule has 1 unspecified atom stereocenters. The number of nitrogens with zero attached hydrogens (tertiary/aromatic N) is 4. The van der Waals surface area contributed by atoms with Gasteiger partial charge in [0.15, 0.2) is 0 Å². The molecule has 2 amide bonds. The topological polar surface area (TPSA) is 30.0 Å². The van der Waals surface area contributed by atoms with Gasteiger partial charge in [0.25, 0.3) is 0 Å². The van der Waals surface area contributed by atoms with E-state index in [9.17, 15) is 4.79 Å². The molecule has 0 saturated carbocycles. The van der Waals surface area contributed by atoms with Crippen molar-refractivity contribution in [3.8, 4) is 0 Å². The summed E-state index contributed by atoms with van der Waals surface area (Å²) >= 11 is 3.82. The summed E-state index contributed by atoms with van der Waals surface area (Å²) in [5, 5.41) is 2.25. The highest BCUT2D eigenvalue weighted by molar-refractivity contribution is 8.01.